The molecule has 0 aromatic rings. The second-order valence-electron chi connectivity index (χ2n) is 3.36. The standard InChI is InChI=1S/C9H17BrN2O2/c1-6(2)8(10)9(14)12-5-4-7(13)11-3/h6,8H,4-5H2,1-3H3,(H,11,13)(H,12,14). The molecule has 0 fully saturated rings. The second kappa shape index (κ2) is 6.81. The number of nitrogens with one attached hydrogen (secondary N) is 2. The van der Waals surface area contributed by atoms with E-state index in [1.54, 1.807) is 7.05 Å². The van der Waals surface area contributed by atoms with Gasteiger partial charge in [-0.15, -0.1) is 0 Å². The van der Waals surface area contributed by atoms with E-state index in [1.165, 1.54) is 0 Å². The van der Waals surface area contributed by atoms with Crippen LogP contribution in [0.5, 0.6) is 0 Å². The predicted molar refractivity (Wildman–Crippen MR) is 59.2 cm³/mol. The summed E-state index contributed by atoms with van der Waals surface area (Å²) in [6.45, 7) is 4.29. The van der Waals surface area contributed by atoms with Crippen LogP contribution >= 0.6 is 15.9 Å². The Balaban J connectivity index is 3.69. The van der Waals surface area contributed by atoms with Gasteiger partial charge in [-0.05, 0) is 5.92 Å². The first-order chi connectivity index (χ1) is 6.49. The van der Waals surface area contributed by atoms with E-state index < -0.39 is 0 Å². The average Bonchev–Trinajstić information content (AvgIpc) is 2.15. The zero-order chi connectivity index (χ0) is 11.1. The van der Waals surface area contributed by atoms with Crippen molar-refractivity contribution in [3.05, 3.63) is 0 Å². The van der Waals surface area contributed by atoms with Gasteiger partial charge in [0, 0.05) is 20.0 Å². The number of rotatable bonds is 5. The van der Waals surface area contributed by atoms with Gasteiger partial charge in [0.2, 0.25) is 11.8 Å². The summed E-state index contributed by atoms with van der Waals surface area (Å²) >= 11 is 3.28. The molecule has 2 N–H and O–H groups in total. The van der Waals surface area contributed by atoms with Gasteiger partial charge in [0.1, 0.15) is 0 Å². The normalized spacial score (nSPS) is 12.4. The van der Waals surface area contributed by atoms with Gasteiger partial charge in [0.15, 0.2) is 0 Å². The quantitative estimate of drug-likeness (QED) is 0.717. The van der Waals surface area contributed by atoms with Crippen molar-refractivity contribution in [1.82, 2.24) is 10.6 Å². The maximum atomic E-state index is 11.4. The third-order valence-electron chi connectivity index (χ3n) is 1.77. The van der Waals surface area contributed by atoms with Crippen LogP contribution in [0.4, 0.5) is 0 Å². The molecule has 0 radical (unpaired) electrons. The SMILES string of the molecule is CNC(=O)CCNC(=O)C(Br)C(C)C. The summed E-state index contributed by atoms with van der Waals surface area (Å²) in [5.74, 6) is 0.111. The molecular weight excluding hydrogens is 248 g/mol. The summed E-state index contributed by atoms with van der Waals surface area (Å²) in [6, 6.07) is 0. The van der Waals surface area contributed by atoms with Crippen molar-refractivity contribution in [2.75, 3.05) is 13.6 Å². The lowest BCUT2D eigenvalue weighted by Crippen LogP contribution is -2.36. The Bertz CT molecular complexity index is 207. The highest BCUT2D eigenvalue weighted by atomic mass is 79.9. The van der Waals surface area contributed by atoms with E-state index in [0.717, 1.165) is 0 Å². The van der Waals surface area contributed by atoms with Crippen LogP contribution in [0.2, 0.25) is 0 Å². The molecule has 0 aliphatic rings. The molecule has 0 aliphatic heterocycles. The van der Waals surface area contributed by atoms with Crippen molar-refractivity contribution in [3.63, 3.8) is 0 Å². The first-order valence-electron chi connectivity index (χ1n) is 4.61. The van der Waals surface area contributed by atoms with Crippen molar-refractivity contribution in [2.24, 2.45) is 5.92 Å². The molecule has 0 aliphatic carbocycles. The molecule has 0 bridgehead atoms. The lowest BCUT2D eigenvalue weighted by Gasteiger charge is -2.13. The fourth-order valence-corrected chi connectivity index (χ4v) is 0.986. The highest BCUT2D eigenvalue weighted by Gasteiger charge is 2.17. The van der Waals surface area contributed by atoms with Gasteiger partial charge < -0.3 is 10.6 Å². The maximum absolute atomic E-state index is 11.4. The first-order valence-corrected chi connectivity index (χ1v) is 5.53. The van der Waals surface area contributed by atoms with E-state index in [4.69, 9.17) is 0 Å². The molecule has 0 heterocycles. The molecule has 1 atom stereocenters. The Hall–Kier alpha value is -0.580. The van der Waals surface area contributed by atoms with Crippen LogP contribution < -0.4 is 10.6 Å². The zero-order valence-corrected chi connectivity index (χ0v) is 10.3. The molecule has 0 rings (SSSR count). The summed E-state index contributed by atoms with van der Waals surface area (Å²) in [5.41, 5.74) is 0. The first kappa shape index (κ1) is 13.4. The molecule has 4 nitrogen and oxygen atoms in total. The molecule has 1 unspecified atom stereocenters. The minimum absolute atomic E-state index is 0.0658. The Morgan fingerprint density at radius 3 is 2.36 bits per heavy atom. The highest BCUT2D eigenvalue weighted by molar-refractivity contribution is 9.10. The molecule has 0 saturated heterocycles. The minimum Gasteiger partial charge on any atom is -0.359 e. The number of alkyl halides is 1. The maximum Gasteiger partial charge on any atom is 0.234 e. The minimum atomic E-state index is -0.188. The molecule has 0 spiro atoms. The summed E-state index contributed by atoms with van der Waals surface area (Å²) in [5, 5.41) is 5.17. The molecule has 14 heavy (non-hydrogen) atoms. The Morgan fingerprint density at radius 1 is 1.36 bits per heavy atom. The lowest BCUT2D eigenvalue weighted by atomic mass is 10.1. The summed E-state index contributed by atoms with van der Waals surface area (Å²) in [6.07, 6.45) is 0.319. The van der Waals surface area contributed by atoms with Gasteiger partial charge in [0.25, 0.3) is 0 Å². The highest BCUT2D eigenvalue weighted by Crippen LogP contribution is 2.11. The number of halogens is 1. The number of hydrogen-bond acceptors (Lipinski definition) is 2. The average molecular weight is 265 g/mol. The van der Waals surface area contributed by atoms with Crippen LogP contribution in [0.25, 0.3) is 0 Å². The third kappa shape index (κ3) is 5.21. The lowest BCUT2D eigenvalue weighted by molar-refractivity contribution is -0.122. The van der Waals surface area contributed by atoms with E-state index in [2.05, 4.69) is 26.6 Å². The number of amides is 2. The predicted octanol–water partition coefficient (Wildman–Crippen LogP) is 0.658. The van der Waals surface area contributed by atoms with E-state index >= 15 is 0 Å². The van der Waals surface area contributed by atoms with Crippen LogP contribution in [0, 0.1) is 5.92 Å². The zero-order valence-electron chi connectivity index (χ0n) is 8.76. The smallest absolute Gasteiger partial charge is 0.234 e. The van der Waals surface area contributed by atoms with E-state index in [1.807, 2.05) is 13.8 Å². The summed E-state index contributed by atoms with van der Waals surface area (Å²) in [7, 11) is 1.57. The largest absolute Gasteiger partial charge is 0.359 e. The van der Waals surface area contributed by atoms with Gasteiger partial charge in [0.05, 0.1) is 4.83 Å². The van der Waals surface area contributed by atoms with Crippen molar-refractivity contribution in [1.29, 1.82) is 0 Å². The molecule has 0 aromatic carbocycles. The van der Waals surface area contributed by atoms with Crippen LogP contribution in [0.15, 0.2) is 0 Å². The fourth-order valence-electron chi connectivity index (χ4n) is 0.824. The van der Waals surface area contributed by atoms with Crippen molar-refractivity contribution in [2.45, 2.75) is 25.1 Å². The van der Waals surface area contributed by atoms with Crippen LogP contribution in [-0.2, 0) is 9.59 Å². The van der Waals surface area contributed by atoms with Gasteiger partial charge in [-0.1, -0.05) is 29.8 Å². The molecule has 2 amide bonds. The number of hydrogen-bond donors (Lipinski definition) is 2. The van der Waals surface area contributed by atoms with Crippen molar-refractivity contribution < 1.29 is 9.59 Å². The van der Waals surface area contributed by atoms with E-state index in [-0.39, 0.29) is 22.6 Å². The monoisotopic (exact) mass is 264 g/mol. The fraction of sp³-hybridized carbons (Fsp3) is 0.778. The molecule has 0 aromatic heterocycles. The Labute approximate surface area is 92.9 Å². The van der Waals surface area contributed by atoms with E-state index in [0.29, 0.717) is 13.0 Å². The Kier molecular flexibility index (Phi) is 6.53. The van der Waals surface area contributed by atoms with Gasteiger partial charge in [-0.2, -0.15) is 0 Å². The molecular formula is C9H17BrN2O2. The van der Waals surface area contributed by atoms with Gasteiger partial charge in [-0.25, -0.2) is 0 Å². The van der Waals surface area contributed by atoms with Gasteiger partial charge in [-0.3, -0.25) is 9.59 Å². The summed E-state index contributed by atoms with van der Waals surface area (Å²) < 4.78 is 0. The van der Waals surface area contributed by atoms with Crippen LogP contribution in [-0.4, -0.2) is 30.2 Å². The summed E-state index contributed by atoms with van der Waals surface area (Å²) in [4.78, 5) is 22.0. The molecule has 0 saturated carbocycles. The topological polar surface area (TPSA) is 58.2 Å². The van der Waals surface area contributed by atoms with Crippen LogP contribution in [0.1, 0.15) is 20.3 Å². The van der Waals surface area contributed by atoms with Crippen LogP contribution in [0.3, 0.4) is 0 Å². The Morgan fingerprint density at radius 2 is 1.93 bits per heavy atom. The molecule has 82 valence electrons. The van der Waals surface area contributed by atoms with Crippen molar-refractivity contribution >= 4 is 27.7 Å². The second-order valence-corrected chi connectivity index (χ2v) is 4.35. The van der Waals surface area contributed by atoms with E-state index in [9.17, 15) is 9.59 Å². The number of carbonyl (C=O) groups is 2. The molecule has 5 heteroatoms. The van der Waals surface area contributed by atoms with Crippen molar-refractivity contribution in [3.8, 4) is 0 Å². The van der Waals surface area contributed by atoms with Gasteiger partial charge >= 0.3 is 0 Å². The third-order valence-corrected chi connectivity index (χ3v) is 3.24. The number of carbonyl (C=O) groups excluding carboxylic acids is 2.